The van der Waals surface area contributed by atoms with Crippen LogP contribution in [0.3, 0.4) is 0 Å². The average Bonchev–Trinajstić information content (AvgIpc) is 2.36. The van der Waals surface area contributed by atoms with Crippen molar-refractivity contribution in [2.45, 2.75) is 33.6 Å². The minimum atomic E-state index is 0.0116. The quantitative estimate of drug-likeness (QED) is 0.812. The summed E-state index contributed by atoms with van der Waals surface area (Å²) in [6.45, 7) is 7.59. The van der Waals surface area contributed by atoms with Gasteiger partial charge in [0.25, 0.3) is 5.91 Å². The molecule has 0 aliphatic heterocycles. The number of benzene rings is 1. The summed E-state index contributed by atoms with van der Waals surface area (Å²) in [7, 11) is 0. The van der Waals surface area contributed by atoms with Gasteiger partial charge in [-0.25, -0.2) is 0 Å². The molecule has 0 atom stereocenters. The van der Waals surface area contributed by atoms with E-state index in [2.05, 4.69) is 26.1 Å². The van der Waals surface area contributed by atoms with E-state index in [4.69, 9.17) is 5.73 Å². The molecule has 0 saturated heterocycles. The molecule has 0 saturated carbocycles. The van der Waals surface area contributed by atoms with Crippen molar-refractivity contribution in [1.29, 1.82) is 0 Å². The predicted octanol–water partition coefficient (Wildman–Crippen LogP) is 2.35. The Kier molecular flexibility index (Phi) is 5.35. The topological polar surface area (TPSA) is 55.1 Å². The van der Waals surface area contributed by atoms with Crippen LogP contribution >= 0.6 is 0 Å². The first-order valence-corrected chi connectivity index (χ1v) is 6.56. The minimum absolute atomic E-state index is 0.0116. The second-order valence-corrected chi connectivity index (χ2v) is 5.40. The van der Waals surface area contributed by atoms with Crippen molar-refractivity contribution in [2.75, 3.05) is 13.1 Å². The molecule has 1 rings (SSSR count). The highest BCUT2D eigenvalue weighted by atomic mass is 16.1. The van der Waals surface area contributed by atoms with Crippen molar-refractivity contribution in [3.63, 3.8) is 0 Å². The van der Waals surface area contributed by atoms with Gasteiger partial charge in [-0.05, 0) is 36.4 Å². The first-order valence-electron chi connectivity index (χ1n) is 6.56. The fraction of sp³-hybridized carbons (Fsp3) is 0.533. The molecule has 0 radical (unpaired) electrons. The third kappa shape index (κ3) is 4.15. The molecule has 0 aromatic heterocycles. The Morgan fingerprint density at radius 2 is 2.00 bits per heavy atom. The zero-order valence-electron chi connectivity index (χ0n) is 11.6. The van der Waals surface area contributed by atoms with Gasteiger partial charge >= 0.3 is 0 Å². The van der Waals surface area contributed by atoms with Crippen LogP contribution < -0.4 is 11.1 Å². The summed E-state index contributed by atoms with van der Waals surface area (Å²) in [5.41, 5.74) is 7.48. The van der Waals surface area contributed by atoms with E-state index in [0.717, 1.165) is 24.0 Å². The summed E-state index contributed by atoms with van der Waals surface area (Å²) < 4.78 is 0. The Labute approximate surface area is 110 Å². The molecule has 0 fully saturated rings. The summed E-state index contributed by atoms with van der Waals surface area (Å²) in [5.74, 6) is 0.0116. The molecule has 3 N–H and O–H groups in total. The van der Waals surface area contributed by atoms with E-state index in [9.17, 15) is 4.79 Å². The highest BCUT2D eigenvalue weighted by Crippen LogP contribution is 2.18. The average molecular weight is 248 g/mol. The zero-order chi connectivity index (χ0) is 13.6. The van der Waals surface area contributed by atoms with Crippen LogP contribution in [-0.4, -0.2) is 19.0 Å². The molecule has 1 aromatic rings. The summed E-state index contributed by atoms with van der Waals surface area (Å²) in [5, 5.41) is 3.00. The maximum Gasteiger partial charge on any atom is 0.251 e. The molecule has 3 heteroatoms. The fourth-order valence-corrected chi connectivity index (χ4v) is 1.94. The molecule has 0 bridgehead atoms. The maximum atomic E-state index is 12.1. The lowest BCUT2D eigenvalue weighted by Gasteiger charge is -2.24. The summed E-state index contributed by atoms with van der Waals surface area (Å²) in [6, 6.07) is 7.75. The third-order valence-electron chi connectivity index (χ3n) is 3.19. The van der Waals surface area contributed by atoms with Gasteiger partial charge < -0.3 is 11.1 Å². The van der Waals surface area contributed by atoms with Crippen LogP contribution in [0.25, 0.3) is 0 Å². The van der Waals surface area contributed by atoms with E-state index in [0.29, 0.717) is 13.1 Å². The highest BCUT2D eigenvalue weighted by Gasteiger charge is 2.18. The van der Waals surface area contributed by atoms with Crippen LogP contribution in [0.5, 0.6) is 0 Å². The van der Waals surface area contributed by atoms with Gasteiger partial charge in [0, 0.05) is 12.1 Å². The van der Waals surface area contributed by atoms with Crippen LogP contribution in [-0.2, 0) is 6.42 Å². The van der Waals surface area contributed by atoms with Gasteiger partial charge in [-0.2, -0.15) is 0 Å². The molecule has 0 aliphatic carbocycles. The van der Waals surface area contributed by atoms with Crippen molar-refractivity contribution in [3.05, 3.63) is 35.4 Å². The number of hydrogen-bond acceptors (Lipinski definition) is 2. The van der Waals surface area contributed by atoms with E-state index in [1.54, 1.807) is 0 Å². The number of carbonyl (C=O) groups is 1. The Hall–Kier alpha value is -1.35. The first kappa shape index (κ1) is 14.7. The van der Waals surface area contributed by atoms with Gasteiger partial charge in [0.15, 0.2) is 0 Å². The molecular formula is C15H24N2O. The van der Waals surface area contributed by atoms with E-state index in [1.165, 1.54) is 0 Å². The predicted molar refractivity (Wildman–Crippen MR) is 75.6 cm³/mol. The summed E-state index contributed by atoms with van der Waals surface area (Å²) in [6.07, 6.45) is 1.78. The van der Waals surface area contributed by atoms with E-state index < -0.39 is 0 Å². The zero-order valence-corrected chi connectivity index (χ0v) is 11.6. The highest BCUT2D eigenvalue weighted by molar-refractivity contribution is 5.95. The lowest BCUT2D eigenvalue weighted by atomic mass is 9.89. The van der Waals surface area contributed by atoms with E-state index in [-0.39, 0.29) is 11.3 Å². The van der Waals surface area contributed by atoms with Crippen molar-refractivity contribution in [3.8, 4) is 0 Å². The van der Waals surface area contributed by atoms with E-state index in [1.807, 2.05) is 24.3 Å². The van der Waals surface area contributed by atoms with Gasteiger partial charge in [0.1, 0.15) is 0 Å². The first-order chi connectivity index (χ1) is 8.50. The number of nitrogens with one attached hydrogen (secondary N) is 1. The second kappa shape index (κ2) is 6.55. The van der Waals surface area contributed by atoms with Gasteiger partial charge in [-0.15, -0.1) is 0 Å². The normalized spacial score (nSPS) is 11.3. The van der Waals surface area contributed by atoms with Crippen molar-refractivity contribution >= 4 is 5.91 Å². The molecule has 100 valence electrons. The van der Waals surface area contributed by atoms with Gasteiger partial charge in [-0.1, -0.05) is 39.0 Å². The molecule has 1 amide bonds. The van der Waals surface area contributed by atoms with Crippen LogP contribution in [0.1, 0.15) is 43.1 Å². The summed E-state index contributed by atoms with van der Waals surface area (Å²) in [4.78, 5) is 12.1. The number of hydrogen-bond donors (Lipinski definition) is 2. The van der Waals surface area contributed by atoms with E-state index >= 15 is 0 Å². The molecule has 1 aromatic carbocycles. The van der Waals surface area contributed by atoms with Crippen LogP contribution in [0.2, 0.25) is 0 Å². The number of amides is 1. The number of nitrogens with two attached hydrogens (primary N) is 1. The Morgan fingerprint density at radius 1 is 1.33 bits per heavy atom. The second-order valence-electron chi connectivity index (χ2n) is 5.40. The number of carbonyl (C=O) groups excluding carboxylic acids is 1. The molecule has 3 nitrogen and oxygen atoms in total. The van der Waals surface area contributed by atoms with Crippen molar-refractivity contribution < 1.29 is 4.79 Å². The molecule has 0 unspecified atom stereocenters. The smallest absolute Gasteiger partial charge is 0.251 e. The number of rotatable bonds is 6. The molecule has 18 heavy (non-hydrogen) atoms. The minimum Gasteiger partial charge on any atom is -0.351 e. The largest absolute Gasteiger partial charge is 0.351 e. The third-order valence-corrected chi connectivity index (χ3v) is 3.19. The lowest BCUT2D eigenvalue weighted by molar-refractivity contribution is 0.0934. The lowest BCUT2D eigenvalue weighted by Crippen LogP contribution is -2.35. The molecule has 0 spiro atoms. The van der Waals surface area contributed by atoms with Gasteiger partial charge in [0.2, 0.25) is 0 Å². The Morgan fingerprint density at radius 3 is 2.61 bits per heavy atom. The summed E-state index contributed by atoms with van der Waals surface area (Å²) >= 11 is 0. The number of aryl methyl sites for hydroxylation is 1. The molecule has 0 heterocycles. The van der Waals surface area contributed by atoms with Crippen LogP contribution in [0.15, 0.2) is 24.3 Å². The Balaban J connectivity index is 2.66. The van der Waals surface area contributed by atoms with Crippen LogP contribution in [0, 0.1) is 5.41 Å². The van der Waals surface area contributed by atoms with Gasteiger partial charge in [0.05, 0.1) is 0 Å². The van der Waals surface area contributed by atoms with Gasteiger partial charge in [-0.3, -0.25) is 4.79 Å². The fourth-order valence-electron chi connectivity index (χ4n) is 1.94. The molecular weight excluding hydrogens is 224 g/mol. The standard InChI is InChI=1S/C15H24N2O/c1-4-12-7-5-6-8-13(12)14(18)17-11-15(2,3)9-10-16/h5-8H,4,9-11,16H2,1-3H3,(H,17,18). The van der Waals surface area contributed by atoms with Crippen molar-refractivity contribution in [2.24, 2.45) is 11.1 Å². The van der Waals surface area contributed by atoms with Crippen molar-refractivity contribution in [1.82, 2.24) is 5.32 Å². The Bertz CT molecular complexity index is 399. The molecule has 0 aliphatic rings. The van der Waals surface area contributed by atoms with Crippen LogP contribution in [0.4, 0.5) is 0 Å². The maximum absolute atomic E-state index is 12.1. The monoisotopic (exact) mass is 248 g/mol. The SMILES string of the molecule is CCc1ccccc1C(=O)NCC(C)(C)CCN.